The van der Waals surface area contributed by atoms with Gasteiger partial charge in [-0.05, 0) is 94.6 Å². The maximum absolute atomic E-state index is 12.8. The quantitative estimate of drug-likeness (QED) is 0.268. The molecule has 0 spiro atoms. The van der Waals surface area contributed by atoms with E-state index in [1.54, 1.807) is 24.1 Å². The second-order valence-corrected chi connectivity index (χ2v) is 13.0. The average Bonchev–Trinajstić information content (AvgIpc) is 3.35. The molecule has 4 aromatic rings. The number of aliphatic carboxylic acids is 1. The lowest BCUT2D eigenvalue weighted by atomic mass is 9.85. The van der Waals surface area contributed by atoms with Crippen LogP contribution in [0.4, 0.5) is 5.69 Å². The molecule has 1 N–H and O–H groups in total. The number of fused-ring (bicyclic) bond motifs is 2. The SMILES string of the molecule is Cc1cc2nc(-c3ccc4c(c3)C(C)(C)C(=O)N4C)sc2c(-c2ccc(Cl)cc2)c1[C@H](OC(C)(C)C)C(=O)O. The molecule has 0 unspecified atom stereocenters. The molecular weight excluding hydrogens is 532 g/mol. The third-order valence-electron chi connectivity index (χ3n) is 7.14. The Labute approximate surface area is 237 Å². The molecule has 1 aliphatic heterocycles. The monoisotopic (exact) mass is 562 g/mol. The number of carbonyl (C=O) groups is 2. The Hall–Kier alpha value is -3.26. The number of carboxylic acid groups (broad SMARTS) is 1. The Morgan fingerprint density at radius 2 is 1.74 bits per heavy atom. The predicted molar refractivity (Wildman–Crippen MR) is 158 cm³/mol. The number of nitrogens with zero attached hydrogens (tertiary/aromatic N) is 2. The first-order chi connectivity index (χ1) is 18.2. The normalized spacial score (nSPS) is 15.6. The maximum Gasteiger partial charge on any atom is 0.337 e. The first-order valence-corrected chi connectivity index (χ1v) is 13.9. The van der Waals surface area contributed by atoms with Gasteiger partial charge in [-0.1, -0.05) is 23.7 Å². The number of aromatic nitrogens is 1. The van der Waals surface area contributed by atoms with Gasteiger partial charge in [0.2, 0.25) is 5.91 Å². The Bertz CT molecular complexity index is 1630. The molecule has 202 valence electrons. The number of ether oxygens (including phenoxy) is 1. The van der Waals surface area contributed by atoms with E-state index in [0.29, 0.717) is 10.6 Å². The van der Waals surface area contributed by atoms with E-state index in [2.05, 4.69) is 0 Å². The van der Waals surface area contributed by atoms with Gasteiger partial charge in [-0.3, -0.25) is 4.79 Å². The fourth-order valence-corrected chi connectivity index (χ4v) is 6.52. The minimum absolute atomic E-state index is 0.0581. The van der Waals surface area contributed by atoms with Crippen molar-refractivity contribution in [2.24, 2.45) is 0 Å². The second-order valence-electron chi connectivity index (χ2n) is 11.5. The van der Waals surface area contributed by atoms with Gasteiger partial charge in [0.25, 0.3) is 0 Å². The summed E-state index contributed by atoms with van der Waals surface area (Å²) in [6, 6.07) is 15.3. The van der Waals surface area contributed by atoms with Gasteiger partial charge in [-0.15, -0.1) is 11.3 Å². The van der Waals surface area contributed by atoms with Gasteiger partial charge in [0.15, 0.2) is 6.10 Å². The van der Waals surface area contributed by atoms with Crippen molar-refractivity contribution in [3.05, 3.63) is 70.2 Å². The molecule has 3 aromatic carbocycles. The van der Waals surface area contributed by atoms with E-state index in [1.165, 1.54) is 11.3 Å². The summed E-state index contributed by atoms with van der Waals surface area (Å²) in [5.41, 5.74) is 5.23. The third-order valence-corrected chi connectivity index (χ3v) is 8.53. The summed E-state index contributed by atoms with van der Waals surface area (Å²) in [4.78, 5) is 32.1. The molecule has 8 heteroatoms. The van der Waals surface area contributed by atoms with E-state index in [0.717, 1.165) is 48.7 Å². The Morgan fingerprint density at radius 1 is 1.10 bits per heavy atom. The number of anilines is 1. The molecular formula is C31H31ClN2O4S. The Morgan fingerprint density at radius 3 is 2.36 bits per heavy atom. The lowest BCUT2D eigenvalue weighted by Crippen LogP contribution is -2.33. The number of carbonyl (C=O) groups excluding carboxylic acids is 1. The van der Waals surface area contributed by atoms with Crippen LogP contribution in [0.15, 0.2) is 48.5 Å². The number of benzene rings is 3. The fourth-order valence-electron chi connectivity index (χ4n) is 5.27. The largest absolute Gasteiger partial charge is 0.479 e. The van der Waals surface area contributed by atoms with E-state index >= 15 is 0 Å². The van der Waals surface area contributed by atoms with Gasteiger partial charge >= 0.3 is 5.97 Å². The van der Waals surface area contributed by atoms with Crippen molar-refractivity contribution in [3.63, 3.8) is 0 Å². The average molecular weight is 563 g/mol. The third kappa shape index (κ3) is 4.73. The van der Waals surface area contributed by atoms with E-state index < -0.39 is 23.1 Å². The highest BCUT2D eigenvalue weighted by Crippen LogP contribution is 2.46. The highest BCUT2D eigenvalue weighted by molar-refractivity contribution is 7.22. The van der Waals surface area contributed by atoms with Crippen LogP contribution in [-0.2, 0) is 19.7 Å². The molecule has 5 rings (SSSR count). The number of rotatable bonds is 5. The van der Waals surface area contributed by atoms with Crippen LogP contribution >= 0.6 is 22.9 Å². The molecule has 6 nitrogen and oxygen atoms in total. The number of carboxylic acids is 1. The van der Waals surface area contributed by atoms with Crippen LogP contribution in [0.3, 0.4) is 0 Å². The van der Waals surface area contributed by atoms with E-state index in [1.807, 2.05) is 77.9 Å². The standard InChI is InChI=1S/C31H31ClN2O4S/c1-16-14-21-26(39-27(33-21)18-10-13-22-20(15-18)31(5,6)29(37)34(22)7)24(17-8-11-19(32)12-9-17)23(16)25(28(35)36)38-30(2,3)4/h8-15,25H,1-7H3,(H,35,36)/t25-/m0/s1. The molecule has 0 radical (unpaired) electrons. The van der Waals surface area contributed by atoms with Crippen molar-refractivity contribution < 1.29 is 19.4 Å². The van der Waals surface area contributed by atoms with Gasteiger partial charge in [0.1, 0.15) is 5.01 Å². The Balaban J connectivity index is 1.76. The maximum atomic E-state index is 12.8. The van der Waals surface area contributed by atoms with Gasteiger partial charge in [-0.2, -0.15) is 0 Å². The highest BCUT2D eigenvalue weighted by Gasteiger charge is 2.42. The Kier molecular flexibility index (Phi) is 6.61. The molecule has 39 heavy (non-hydrogen) atoms. The topological polar surface area (TPSA) is 79.7 Å². The summed E-state index contributed by atoms with van der Waals surface area (Å²) in [5, 5.41) is 11.7. The summed E-state index contributed by atoms with van der Waals surface area (Å²) in [6.45, 7) is 11.3. The fraction of sp³-hybridized carbons (Fsp3) is 0.323. The van der Waals surface area contributed by atoms with Crippen molar-refractivity contribution >= 4 is 50.7 Å². The number of aryl methyl sites for hydroxylation is 1. The van der Waals surface area contributed by atoms with Crippen LogP contribution in [-0.4, -0.2) is 34.6 Å². The van der Waals surface area contributed by atoms with Crippen molar-refractivity contribution in [2.45, 2.75) is 58.7 Å². The smallest absolute Gasteiger partial charge is 0.337 e. The van der Waals surface area contributed by atoms with Crippen molar-refractivity contribution in [2.75, 3.05) is 11.9 Å². The zero-order chi connectivity index (χ0) is 28.4. The van der Waals surface area contributed by atoms with Crippen molar-refractivity contribution in [1.29, 1.82) is 0 Å². The molecule has 0 fully saturated rings. The summed E-state index contributed by atoms with van der Waals surface area (Å²) in [7, 11) is 1.80. The molecule has 1 aromatic heterocycles. The molecule has 2 heterocycles. The first kappa shape index (κ1) is 27.3. The summed E-state index contributed by atoms with van der Waals surface area (Å²) >= 11 is 7.71. The molecule has 0 aliphatic carbocycles. The van der Waals surface area contributed by atoms with Crippen LogP contribution in [0, 0.1) is 6.92 Å². The molecule has 0 saturated carbocycles. The zero-order valence-electron chi connectivity index (χ0n) is 23.0. The van der Waals surface area contributed by atoms with Crippen LogP contribution in [0.25, 0.3) is 31.9 Å². The molecule has 1 atom stereocenters. The lowest BCUT2D eigenvalue weighted by Gasteiger charge is -2.28. The number of likely N-dealkylation sites (N-methyl/N-ethyl adjacent to an activating group) is 1. The number of halogens is 1. The van der Waals surface area contributed by atoms with Crippen LogP contribution in [0.1, 0.15) is 57.4 Å². The summed E-state index contributed by atoms with van der Waals surface area (Å²) < 4.78 is 6.97. The van der Waals surface area contributed by atoms with Gasteiger partial charge < -0.3 is 14.7 Å². The number of hydrogen-bond donors (Lipinski definition) is 1. The van der Waals surface area contributed by atoms with Gasteiger partial charge in [0.05, 0.1) is 21.2 Å². The van der Waals surface area contributed by atoms with E-state index in [4.69, 9.17) is 21.3 Å². The molecule has 0 bridgehead atoms. The van der Waals surface area contributed by atoms with Gasteiger partial charge in [-0.25, -0.2) is 9.78 Å². The highest BCUT2D eigenvalue weighted by atomic mass is 35.5. The van der Waals surface area contributed by atoms with Crippen molar-refractivity contribution in [1.82, 2.24) is 4.98 Å². The number of amides is 1. The zero-order valence-corrected chi connectivity index (χ0v) is 24.6. The van der Waals surface area contributed by atoms with E-state index in [-0.39, 0.29) is 5.91 Å². The molecule has 1 aliphatic rings. The number of hydrogen-bond acceptors (Lipinski definition) is 5. The minimum atomic E-state index is -1.17. The lowest BCUT2D eigenvalue weighted by molar-refractivity contribution is -0.160. The van der Waals surface area contributed by atoms with Crippen molar-refractivity contribution in [3.8, 4) is 21.7 Å². The molecule has 0 saturated heterocycles. The van der Waals surface area contributed by atoms with Gasteiger partial charge in [0, 0.05) is 34.4 Å². The number of thiazole rings is 1. The summed E-state index contributed by atoms with van der Waals surface area (Å²) in [5.74, 6) is -0.996. The summed E-state index contributed by atoms with van der Waals surface area (Å²) in [6.07, 6.45) is -1.17. The minimum Gasteiger partial charge on any atom is -0.479 e. The van der Waals surface area contributed by atoms with Crippen LogP contribution in [0.5, 0.6) is 0 Å². The molecule has 1 amide bonds. The van der Waals surface area contributed by atoms with Crippen LogP contribution < -0.4 is 4.90 Å². The van der Waals surface area contributed by atoms with Crippen LogP contribution in [0.2, 0.25) is 5.02 Å². The first-order valence-electron chi connectivity index (χ1n) is 12.7. The predicted octanol–water partition coefficient (Wildman–Crippen LogP) is 7.79. The second kappa shape index (κ2) is 9.44. The van der Waals surface area contributed by atoms with E-state index in [9.17, 15) is 14.7 Å².